The van der Waals surface area contributed by atoms with Gasteiger partial charge in [-0.15, -0.1) is 0 Å². The van der Waals surface area contributed by atoms with Crippen LogP contribution in [0.15, 0.2) is 11.1 Å². The molecule has 26 heavy (non-hydrogen) atoms. The fourth-order valence-electron chi connectivity index (χ4n) is 2.57. The molecule has 0 aromatic rings. The molecule has 150 valence electrons. The summed E-state index contributed by atoms with van der Waals surface area (Å²) in [4.78, 5) is 36.5. The summed E-state index contributed by atoms with van der Waals surface area (Å²) in [7, 11) is -1.96. The second kappa shape index (κ2) is 11.3. The van der Waals surface area contributed by atoms with Crippen LogP contribution in [0, 0.1) is 5.92 Å². The molecule has 1 unspecified atom stereocenters. The van der Waals surface area contributed by atoms with Gasteiger partial charge in [-0.25, -0.2) is 4.79 Å². The van der Waals surface area contributed by atoms with Crippen molar-refractivity contribution in [2.75, 3.05) is 13.2 Å². The van der Waals surface area contributed by atoms with E-state index in [9.17, 15) is 14.4 Å². The van der Waals surface area contributed by atoms with Crippen LogP contribution in [0.3, 0.4) is 0 Å². The van der Waals surface area contributed by atoms with Gasteiger partial charge in [-0.3, -0.25) is 9.59 Å². The van der Waals surface area contributed by atoms with Gasteiger partial charge in [0.25, 0.3) is 0 Å². The van der Waals surface area contributed by atoms with E-state index < -0.39 is 20.4 Å². The summed E-state index contributed by atoms with van der Waals surface area (Å²) in [5, 5.41) is 0. The Labute approximate surface area is 158 Å². The van der Waals surface area contributed by atoms with Gasteiger partial charge >= 0.3 is 11.9 Å². The molecular formula is C19H34O6Si. The van der Waals surface area contributed by atoms with E-state index in [-0.39, 0.29) is 49.3 Å². The summed E-state index contributed by atoms with van der Waals surface area (Å²) in [6, 6.07) is 0. The fourth-order valence-corrected chi connectivity index (χ4v) is 3.75. The van der Waals surface area contributed by atoms with Crippen molar-refractivity contribution in [2.24, 2.45) is 5.92 Å². The largest absolute Gasteiger partial charge is 0.466 e. The van der Waals surface area contributed by atoms with Gasteiger partial charge in [-0.2, -0.15) is 0 Å². The summed E-state index contributed by atoms with van der Waals surface area (Å²) in [6.45, 7) is 15.3. The third-order valence-electron chi connectivity index (χ3n) is 3.49. The molecule has 0 aliphatic heterocycles. The lowest BCUT2D eigenvalue weighted by Crippen LogP contribution is -2.37. The Hall–Kier alpha value is -1.47. The Morgan fingerprint density at radius 2 is 1.46 bits per heavy atom. The van der Waals surface area contributed by atoms with Crippen LogP contribution in [0.25, 0.3) is 0 Å². The zero-order chi connectivity index (χ0) is 20.5. The minimum absolute atomic E-state index is 0.00639. The highest BCUT2D eigenvalue weighted by atomic mass is 28.4. The van der Waals surface area contributed by atoms with Crippen LogP contribution in [-0.2, 0) is 28.3 Å². The average molecular weight is 387 g/mol. The molecule has 6 nitrogen and oxygen atoms in total. The number of ether oxygens (including phenoxy) is 2. The molecule has 0 rings (SSSR count). The molecule has 0 saturated heterocycles. The van der Waals surface area contributed by atoms with Crippen LogP contribution >= 0.6 is 0 Å². The second-order valence-corrected chi connectivity index (χ2v) is 11.8. The molecule has 0 bridgehead atoms. The molecule has 0 heterocycles. The molecule has 1 atom stereocenters. The van der Waals surface area contributed by atoms with Crippen LogP contribution in [0.5, 0.6) is 0 Å². The predicted octanol–water partition coefficient (Wildman–Crippen LogP) is 3.65. The van der Waals surface area contributed by atoms with Crippen LogP contribution in [0.2, 0.25) is 19.6 Å². The van der Waals surface area contributed by atoms with Crippen molar-refractivity contribution in [3.8, 4) is 0 Å². The molecule has 0 aromatic carbocycles. The van der Waals surface area contributed by atoms with Gasteiger partial charge < -0.3 is 13.9 Å². The lowest BCUT2D eigenvalue weighted by atomic mass is 9.90. The van der Waals surface area contributed by atoms with Crippen molar-refractivity contribution in [3.63, 3.8) is 0 Å². The molecule has 0 amide bonds. The Balaban J connectivity index is 6.09. The van der Waals surface area contributed by atoms with E-state index in [0.717, 1.165) is 0 Å². The maximum atomic E-state index is 12.4. The van der Waals surface area contributed by atoms with Crippen molar-refractivity contribution in [3.05, 3.63) is 11.1 Å². The van der Waals surface area contributed by atoms with Crippen LogP contribution in [0.4, 0.5) is 0 Å². The first-order valence-electron chi connectivity index (χ1n) is 9.19. The summed E-state index contributed by atoms with van der Waals surface area (Å²) < 4.78 is 16.4. The molecular weight excluding hydrogens is 352 g/mol. The first kappa shape index (κ1) is 24.5. The van der Waals surface area contributed by atoms with Gasteiger partial charge in [0.05, 0.1) is 19.3 Å². The summed E-state index contributed by atoms with van der Waals surface area (Å²) in [6.07, 6.45) is -0.128. The van der Waals surface area contributed by atoms with Gasteiger partial charge in [-0.1, -0.05) is 13.8 Å². The Morgan fingerprint density at radius 3 is 1.85 bits per heavy atom. The van der Waals surface area contributed by atoms with E-state index in [1.165, 1.54) is 6.92 Å². The minimum atomic E-state index is -1.96. The number of hydrogen-bond acceptors (Lipinski definition) is 6. The summed E-state index contributed by atoms with van der Waals surface area (Å²) in [5.41, 5.74) is 0.523. The van der Waals surface area contributed by atoms with Crippen LogP contribution < -0.4 is 0 Å². The Bertz CT molecular complexity index is 531. The van der Waals surface area contributed by atoms with Crippen LogP contribution in [0.1, 0.15) is 47.5 Å². The van der Waals surface area contributed by atoms with Gasteiger partial charge in [0, 0.05) is 6.42 Å². The molecule has 0 spiro atoms. The number of carbonyl (C=O) groups excluding carboxylic acids is 3. The molecule has 0 radical (unpaired) electrons. The van der Waals surface area contributed by atoms with Crippen molar-refractivity contribution in [2.45, 2.75) is 73.2 Å². The Kier molecular flexibility index (Phi) is 10.6. The maximum Gasteiger partial charge on any atom is 0.341 e. The van der Waals surface area contributed by atoms with Crippen molar-refractivity contribution in [1.29, 1.82) is 0 Å². The topological polar surface area (TPSA) is 78.9 Å². The fraction of sp³-hybridized carbons (Fsp3) is 0.737. The number of carbonyl (C=O) groups is 3. The number of hydrogen-bond donors (Lipinski definition) is 0. The van der Waals surface area contributed by atoms with E-state index in [4.69, 9.17) is 13.9 Å². The van der Waals surface area contributed by atoms with E-state index in [1.807, 2.05) is 33.5 Å². The van der Waals surface area contributed by atoms with E-state index >= 15 is 0 Å². The van der Waals surface area contributed by atoms with Gasteiger partial charge in [-0.05, 0) is 58.3 Å². The third kappa shape index (κ3) is 8.76. The molecule has 0 N–H and O–H groups in total. The van der Waals surface area contributed by atoms with E-state index in [2.05, 4.69) is 0 Å². The average Bonchev–Trinajstić information content (AvgIpc) is 2.48. The van der Waals surface area contributed by atoms with Crippen molar-refractivity contribution in [1.82, 2.24) is 0 Å². The molecule has 0 fully saturated rings. The highest BCUT2D eigenvalue weighted by Gasteiger charge is 2.32. The van der Waals surface area contributed by atoms with E-state index in [0.29, 0.717) is 5.57 Å². The van der Waals surface area contributed by atoms with Gasteiger partial charge in [0.15, 0.2) is 14.1 Å². The monoisotopic (exact) mass is 386 g/mol. The number of rotatable bonds is 11. The highest BCUT2D eigenvalue weighted by Crippen LogP contribution is 2.28. The summed E-state index contributed by atoms with van der Waals surface area (Å²) >= 11 is 0. The minimum Gasteiger partial charge on any atom is -0.466 e. The molecule has 7 heteroatoms. The van der Waals surface area contributed by atoms with Crippen molar-refractivity contribution < 1.29 is 28.3 Å². The zero-order valence-corrected chi connectivity index (χ0v) is 18.4. The van der Waals surface area contributed by atoms with Crippen molar-refractivity contribution >= 4 is 26.0 Å². The maximum absolute atomic E-state index is 12.4. The SMILES string of the molecule is CCOC(=O)CC/C(=C(/C(C)=O)C(=O)OCC)C(O[Si](C)(C)C)C(C)C. The molecule has 0 aliphatic carbocycles. The zero-order valence-electron chi connectivity index (χ0n) is 17.4. The lowest BCUT2D eigenvalue weighted by molar-refractivity contribution is -0.143. The number of Topliss-reactive ketones (excluding diaryl/α,β-unsaturated/α-hetero) is 1. The lowest BCUT2D eigenvalue weighted by Gasteiger charge is -2.32. The van der Waals surface area contributed by atoms with Gasteiger partial charge in [0.2, 0.25) is 0 Å². The van der Waals surface area contributed by atoms with Crippen LogP contribution in [-0.4, -0.2) is 45.4 Å². The first-order valence-corrected chi connectivity index (χ1v) is 12.6. The number of esters is 2. The quantitative estimate of drug-likeness (QED) is 0.177. The predicted molar refractivity (Wildman–Crippen MR) is 103 cm³/mol. The second-order valence-electron chi connectivity index (χ2n) is 7.38. The first-order chi connectivity index (χ1) is 11.9. The summed E-state index contributed by atoms with van der Waals surface area (Å²) in [5.74, 6) is -1.38. The molecule has 0 aliphatic rings. The van der Waals surface area contributed by atoms with E-state index in [1.54, 1.807) is 13.8 Å². The third-order valence-corrected chi connectivity index (χ3v) is 4.45. The highest BCUT2D eigenvalue weighted by molar-refractivity contribution is 6.69. The molecule has 0 saturated carbocycles. The number of ketones is 1. The smallest absolute Gasteiger partial charge is 0.341 e. The molecule has 0 aromatic heterocycles. The standard InChI is InChI=1S/C19H34O6Si/c1-9-23-16(21)12-11-15(17(14(5)20)19(22)24-10-2)18(13(3)4)25-26(6,7)8/h13,18H,9-12H2,1-8H3/b17-15+. The Morgan fingerprint density at radius 1 is 0.923 bits per heavy atom. The van der Waals surface area contributed by atoms with Gasteiger partial charge in [0.1, 0.15) is 5.57 Å². The normalized spacial score (nSPS) is 13.9.